The van der Waals surface area contributed by atoms with Crippen molar-refractivity contribution in [3.63, 3.8) is 0 Å². The third kappa shape index (κ3) is 1.58. The molecule has 0 saturated heterocycles. The van der Waals surface area contributed by atoms with Gasteiger partial charge in [0.05, 0.1) is 0 Å². The molecule has 62 valence electrons. The molecule has 1 atom stereocenters. The smallest absolute Gasteiger partial charge is 0.0191 e. The van der Waals surface area contributed by atoms with Gasteiger partial charge in [-0.3, -0.25) is 0 Å². The van der Waals surface area contributed by atoms with Gasteiger partial charge in [0.1, 0.15) is 0 Å². The molecule has 2 rings (SSSR count). The quantitative estimate of drug-likeness (QED) is 0.587. The van der Waals surface area contributed by atoms with Crippen LogP contribution in [0.1, 0.15) is 24.5 Å². The Kier molecular flexibility index (Phi) is 1.76. The van der Waals surface area contributed by atoms with Gasteiger partial charge < -0.3 is 0 Å². The first-order valence-electron chi connectivity index (χ1n) is 4.53. The molecule has 12 heavy (non-hydrogen) atoms. The van der Waals surface area contributed by atoms with Crippen LogP contribution in [-0.4, -0.2) is 0 Å². The van der Waals surface area contributed by atoms with Crippen LogP contribution in [0.25, 0.3) is 6.08 Å². The van der Waals surface area contributed by atoms with Gasteiger partial charge in [0, 0.05) is 0 Å². The van der Waals surface area contributed by atoms with Crippen molar-refractivity contribution in [3.8, 4) is 0 Å². The summed E-state index contributed by atoms with van der Waals surface area (Å²) in [4.78, 5) is 0. The summed E-state index contributed by atoms with van der Waals surface area (Å²) in [5, 5.41) is 0. The lowest BCUT2D eigenvalue weighted by atomic mass is 10.1. The van der Waals surface area contributed by atoms with E-state index >= 15 is 0 Å². The maximum absolute atomic E-state index is 2.31. The molecule has 0 spiro atoms. The van der Waals surface area contributed by atoms with Crippen LogP contribution < -0.4 is 0 Å². The average molecular weight is 158 g/mol. The minimum Gasteiger partial charge on any atom is -0.0659 e. The zero-order chi connectivity index (χ0) is 8.55. The zero-order valence-corrected chi connectivity index (χ0v) is 7.67. The van der Waals surface area contributed by atoms with Crippen LogP contribution >= 0.6 is 0 Å². The molecule has 0 amide bonds. The van der Waals surface area contributed by atoms with E-state index in [1.54, 1.807) is 5.57 Å². The van der Waals surface area contributed by atoms with Gasteiger partial charge in [0.15, 0.2) is 0 Å². The first-order valence-corrected chi connectivity index (χ1v) is 4.53. The van der Waals surface area contributed by atoms with Crippen LogP contribution in [0, 0.1) is 12.8 Å². The first kappa shape index (κ1) is 7.60. The molecule has 0 aromatic heterocycles. The summed E-state index contributed by atoms with van der Waals surface area (Å²) in [7, 11) is 0. The van der Waals surface area contributed by atoms with Crippen molar-refractivity contribution in [1.29, 1.82) is 0 Å². The highest BCUT2D eigenvalue weighted by Gasteiger charge is 2.23. The fourth-order valence-corrected chi connectivity index (χ4v) is 1.37. The van der Waals surface area contributed by atoms with E-state index in [-0.39, 0.29) is 0 Å². The van der Waals surface area contributed by atoms with Crippen LogP contribution in [-0.2, 0) is 0 Å². The van der Waals surface area contributed by atoms with Crippen molar-refractivity contribution in [1.82, 2.24) is 0 Å². The Morgan fingerprint density at radius 1 is 1.25 bits per heavy atom. The molecule has 1 aromatic rings. The van der Waals surface area contributed by atoms with Crippen LogP contribution in [0.5, 0.6) is 0 Å². The molecule has 0 bridgehead atoms. The topological polar surface area (TPSA) is 0 Å². The highest BCUT2D eigenvalue weighted by Crippen LogP contribution is 2.38. The Morgan fingerprint density at radius 2 is 1.83 bits per heavy atom. The molecule has 1 fully saturated rings. The fourth-order valence-electron chi connectivity index (χ4n) is 1.37. The zero-order valence-electron chi connectivity index (χ0n) is 7.67. The second-order valence-corrected chi connectivity index (χ2v) is 3.74. The van der Waals surface area contributed by atoms with Crippen molar-refractivity contribution in [2.24, 2.45) is 5.92 Å². The number of hydrogen-bond donors (Lipinski definition) is 0. The van der Waals surface area contributed by atoms with E-state index in [0.717, 1.165) is 5.92 Å². The summed E-state index contributed by atoms with van der Waals surface area (Å²) in [6.07, 6.45) is 3.61. The van der Waals surface area contributed by atoms with Crippen molar-refractivity contribution >= 4 is 6.08 Å². The number of aryl methyl sites for hydroxylation is 1. The third-order valence-corrected chi connectivity index (χ3v) is 2.44. The maximum atomic E-state index is 2.31. The first-order chi connectivity index (χ1) is 5.75. The van der Waals surface area contributed by atoms with Crippen LogP contribution in [0.15, 0.2) is 29.8 Å². The molecule has 1 aromatic carbocycles. The highest BCUT2D eigenvalue weighted by molar-refractivity contribution is 5.57. The van der Waals surface area contributed by atoms with Gasteiger partial charge in [-0.25, -0.2) is 0 Å². The number of allylic oxidation sites excluding steroid dienone is 1. The Morgan fingerprint density at radius 3 is 2.33 bits per heavy atom. The van der Waals surface area contributed by atoms with E-state index in [1.165, 1.54) is 17.5 Å². The Bertz CT molecular complexity index is 303. The fraction of sp³-hybridized carbons (Fsp3) is 0.333. The Balaban J connectivity index is 2.20. The SMILES string of the molecule is Cc1ccc(/C=C2/CC2C)cc1. The summed E-state index contributed by atoms with van der Waals surface area (Å²) < 4.78 is 0. The van der Waals surface area contributed by atoms with Crippen LogP contribution in [0.3, 0.4) is 0 Å². The largest absolute Gasteiger partial charge is 0.0659 e. The van der Waals surface area contributed by atoms with E-state index in [2.05, 4.69) is 44.2 Å². The van der Waals surface area contributed by atoms with Crippen molar-refractivity contribution in [3.05, 3.63) is 41.0 Å². The molecule has 1 saturated carbocycles. The van der Waals surface area contributed by atoms with Gasteiger partial charge >= 0.3 is 0 Å². The predicted octanol–water partition coefficient (Wildman–Crippen LogP) is 3.42. The van der Waals surface area contributed by atoms with Crippen LogP contribution in [0.2, 0.25) is 0 Å². The van der Waals surface area contributed by atoms with Gasteiger partial charge in [-0.1, -0.05) is 48.4 Å². The molecule has 0 N–H and O–H groups in total. The Hall–Kier alpha value is -1.04. The molecule has 1 aliphatic rings. The second kappa shape index (κ2) is 2.78. The molecule has 1 aliphatic carbocycles. The molecular weight excluding hydrogens is 144 g/mol. The lowest BCUT2D eigenvalue weighted by Crippen LogP contribution is -1.73. The molecule has 0 radical (unpaired) electrons. The van der Waals surface area contributed by atoms with Crippen molar-refractivity contribution < 1.29 is 0 Å². The van der Waals surface area contributed by atoms with Gasteiger partial charge in [-0.05, 0) is 24.8 Å². The van der Waals surface area contributed by atoms with E-state index in [9.17, 15) is 0 Å². The minimum atomic E-state index is 0.839. The van der Waals surface area contributed by atoms with Crippen molar-refractivity contribution in [2.75, 3.05) is 0 Å². The monoisotopic (exact) mass is 158 g/mol. The van der Waals surface area contributed by atoms with Gasteiger partial charge in [0.25, 0.3) is 0 Å². The van der Waals surface area contributed by atoms with Crippen LogP contribution in [0.4, 0.5) is 0 Å². The molecule has 0 heteroatoms. The number of benzene rings is 1. The molecule has 1 unspecified atom stereocenters. The number of rotatable bonds is 1. The molecule has 0 aliphatic heterocycles. The minimum absolute atomic E-state index is 0.839. The summed E-state index contributed by atoms with van der Waals surface area (Å²) >= 11 is 0. The molecular formula is C12H14. The van der Waals surface area contributed by atoms with E-state index < -0.39 is 0 Å². The predicted molar refractivity (Wildman–Crippen MR) is 52.9 cm³/mol. The third-order valence-electron chi connectivity index (χ3n) is 2.44. The van der Waals surface area contributed by atoms with E-state index in [1.807, 2.05) is 0 Å². The highest BCUT2D eigenvalue weighted by atomic mass is 14.3. The summed E-state index contributed by atoms with van der Waals surface area (Å²) in [5.74, 6) is 0.839. The standard InChI is InChI=1S/C12H14/c1-9-3-5-11(6-4-9)8-12-7-10(12)2/h3-6,8,10H,7H2,1-2H3/b12-8-. The van der Waals surface area contributed by atoms with Crippen molar-refractivity contribution in [2.45, 2.75) is 20.3 Å². The normalized spacial score (nSPS) is 24.5. The average Bonchev–Trinajstić information content (AvgIpc) is 2.72. The van der Waals surface area contributed by atoms with Gasteiger partial charge in [-0.15, -0.1) is 0 Å². The van der Waals surface area contributed by atoms with E-state index in [4.69, 9.17) is 0 Å². The Labute approximate surface area is 73.9 Å². The maximum Gasteiger partial charge on any atom is -0.0191 e. The van der Waals surface area contributed by atoms with Gasteiger partial charge in [0.2, 0.25) is 0 Å². The summed E-state index contributed by atoms with van der Waals surface area (Å²) in [6.45, 7) is 4.40. The summed E-state index contributed by atoms with van der Waals surface area (Å²) in [5.41, 5.74) is 4.28. The summed E-state index contributed by atoms with van der Waals surface area (Å²) in [6, 6.07) is 8.71. The van der Waals surface area contributed by atoms with Gasteiger partial charge in [-0.2, -0.15) is 0 Å². The van der Waals surface area contributed by atoms with E-state index in [0.29, 0.717) is 0 Å². The molecule has 0 heterocycles. The molecule has 0 nitrogen and oxygen atoms in total. The number of hydrogen-bond acceptors (Lipinski definition) is 0. The second-order valence-electron chi connectivity index (χ2n) is 3.74. The lowest BCUT2D eigenvalue weighted by molar-refractivity contribution is 1.02. The lowest BCUT2D eigenvalue weighted by Gasteiger charge is -1.93.